The maximum Gasteiger partial charge on any atom is 0.417 e. The van der Waals surface area contributed by atoms with Crippen molar-refractivity contribution >= 4 is 27.5 Å². The van der Waals surface area contributed by atoms with Crippen LogP contribution in [0.2, 0.25) is 5.02 Å². The second kappa shape index (κ2) is 10.3. The topological polar surface area (TPSA) is 88.6 Å². The van der Waals surface area contributed by atoms with E-state index < -0.39 is 38.7 Å². The summed E-state index contributed by atoms with van der Waals surface area (Å²) in [5.74, 6) is -1.56. The highest BCUT2D eigenvalue weighted by atomic mass is 35.5. The Morgan fingerprint density at radius 1 is 1.11 bits per heavy atom. The summed E-state index contributed by atoms with van der Waals surface area (Å²) < 4.78 is 85.5. The maximum atomic E-state index is 15.0. The van der Waals surface area contributed by atoms with Gasteiger partial charge in [-0.3, -0.25) is 9.69 Å². The first kappa shape index (κ1) is 27.1. The van der Waals surface area contributed by atoms with Crippen molar-refractivity contribution in [3.63, 3.8) is 0 Å². The van der Waals surface area contributed by atoms with Gasteiger partial charge in [-0.25, -0.2) is 22.5 Å². The number of sulfonamides is 1. The van der Waals surface area contributed by atoms with E-state index in [0.717, 1.165) is 30.0 Å². The van der Waals surface area contributed by atoms with E-state index in [0.29, 0.717) is 51.5 Å². The number of aromatic nitrogens is 1. The van der Waals surface area contributed by atoms with Crippen molar-refractivity contribution in [3.8, 4) is 5.88 Å². The van der Waals surface area contributed by atoms with Gasteiger partial charge in [0.15, 0.2) is 0 Å². The average molecular weight is 576 g/mol. The maximum absolute atomic E-state index is 15.0. The summed E-state index contributed by atoms with van der Waals surface area (Å²) in [5, 5.41) is -0.796. The van der Waals surface area contributed by atoms with Crippen molar-refractivity contribution in [2.75, 3.05) is 13.1 Å². The van der Waals surface area contributed by atoms with Gasteiger partial charge in [0.1, 0.15) is 16.9 Å². The molecule has 5 rings (SSSR count). The highest BCUT2D eigenvalue weighted by molar-refractivity contribution is 7.91. The number of carbonyl (C=O) groups excluding carboxylic acids is 1. The van der Waals surface area contributed by atoms with Crippen LogP contribution in [0.25, 0.3) is 0 Å². The van der Waals surface area contributed by atoms with Gasteiger partial charge in [0, 0.05) is 25.8 Å². The Hall–Kier alpha value is -2.44. The number of ether oxygens (including phenoxy) is 1. The third-order valence-corrected chi connectivity index (χ3v) is 9.12. The molecule has 1 aliphatic heterocycles. The number of hydrogen-bond donors (Lipinski definition) is 1. The van der Waals surface area contributed by atoms with Gasteiger partial charge in [0.25, 0.3) is 5.91 Å². The van der Waals surface area contributed by atoms with E-state index in [9.17, 15) is 30.8 Å². The Bertz CT molecular complexity index is 1340. The van der Waals surface area contributed by atoms with Crippen LogP contribution >= 0.6 is 11.6 Å². The molecular weight excluding hydrogens is 550 g/mol. The Balaban J connectivity index is 1.22. The van der Waals surface area contributed by atoms with Crippen LogP contribution in [0.4, 0.5) is 17.6 Å². The number of rotatable bonds is 8. The SMILES string of the molecule is O=C(NS(=O)(=O)C1CC1)c1cc(C2CC2)c(CN2CCC(Oc3ncc(C(F)(F)F)cc3Cl)CC2)cc1F. The number of halogens is 5. The molecule has 2 aliphatic carbocycles. The summed E-state index contributed by atoms with van der Waals surface area (Å²) in [6.07, 6.45) is -0.189. The van der Waals surface area contributed by atoms with E-state index in [-0.39, 0.29) is 28.5 Å². The third-order valence-electron chi connectivity index (χ3n) is 7.03. The first-order valence-corrected chi connectivity index (χ1v) is 14.3. The molecule has 1 aromatic carbocycles. The van der Waals surface area contributed by atoms with E-state index >= 15 is 0 Å². The minimum atomic E-state index is -4.55. The zero-order valence-electron chi connectivity index (χ0n) is 20.2. The molecule has 7 nitrogen and oxygen atoms in total. The van der Waals surface area contributed by atoms with Crippen LogP contribution in [0, 0.1) is 5.82 Å². The highest BCUT2D eigenvalue weighted by Crippen LogP contribution is 2.43. The molecule has 1 N–H and O–H groups in total. The molecule has 0 radical (unpaired) electrons. The first-order chi connectivity index (χ1) is 17.9. The van der Waals surface area contributed by atoms with Crippen molar-refractivity contribution in [2.24, 2.45) is 0 Å². The smallest absolute Gasteiger partial charge is 0.417 e. The molecular formula is C25H26ClF4N3O4S. The van der Waals surface area contributed by atoms with Crippen LogP contribution in [0.15, 0.2) is 24.4 Å². The van der Waals surface area contributed by atoms with Crippen LogP contribution < -0.4 is 9.46 Å². The number of amides is 1. The summed E-state index contributed by atoms with van der Waals surface area (Å²) in [7, 11) is -3.79. The minimum absolute atomic E-state index is 0.0474. The fourth-order valence-corrected chi connectivity index (χ4v) is 6.12. The zero-order chi connectivity index (χ0) is 27.2. The van der Waals surface area contributed by atoms with Gasteiger partial charge >= 0.3 is 6.18 Å². The number of nitrogens with zero attached hydrogens (tertiary/aromatic N) is 2. The zero-order valence-corrected chi connectivity index (χ0v) is 21.8. The Morgan fingerprint density at radius 3 is 2.37 bits per heavy atom. The van der Waals surface area contributed by atoms with Crippen LogP contribution in [0.5, 0.6) is 5.88 Å². The minimum Gasteiger partial charge on any atom is -0.473 e. The lowest BCUT2D eigenvalue weighted by Crippen LogP contribution is -2.38. The predicted molar refractivity (Wildman–Crippen MR) is 131 cm³/mol. The average Bonchev–Trinajstić information content (AvgIpc) is 3.74. The Kier molecular flexibility index (Phi) is 7.34. The molecule has 0 spiro atoms. The van der Waals surface area contributed by atoms with Crippen molar-refractivity contribution in [3.05, 3.63) is 57.5 Å². The molecule has 2 saturated carbocycles. The van der Waals surface area contributed by atoms with Crippen LogP contribution in [-0.4, -0.2) is 48.7 Å². The number of likely N-dealkylation sites (tertiary alicyclic amines) is 1. The van der Waals surface area contributed by atoms with Gasteiger partial charge in [-0.2, -0.15) is 13.2 Å². The number of pyridine rings is 1. The van der Waals surface area contributed by atoms with Gasteiger partial charge in [0.2, 0.25) is 15.9 Å². The molecule has 1 saturated heterocycles. The highest BCUT2D eigenvalue weighted by Gasteiger charge is 2.38. The quantitative estimate of drug-likeness (QED) is 0.444. The van der Waals surface area contributed by atoms with Crippen LogP contribution in [0.3, 0.4) is 0 Å². The molecule has 1 aromatic heterocycles. The summed E-state index contributed by atoms with van der Waals surface area (Å²) in [6, 6.07) is 3.59. The second-order valence-electron chi connectivity index (χ2n) is 10.1. The number of carbonyl (C=O) groups is 1. The molecule has 1 amide bonds. The van der Waals surface area contributed by atoms with Crippen molar-refractivity contribution < 1.29 is 35.5 Å². The number of piperidine rings is 1. The lowest BCUT2D eigenvalue weighted by atomic mass is 9.97. The molecule has 2 aromatic rings. The molecule has 0 atom stereocenters. The monoisotopic (exact) mass is 575 g/mol. The Morgan fingerprint density at radius 2 is 1.79 bits per heavy atom. The van der Waals surface area contributed by atoms with Crippen LogP contribution in [-0.2, 0) is 22.7 Å². The van der Waals surface area contributed by atoms with Crippen molar-refractivity contribution in [1.82, 2.24) is 14.6 Å². The van der Waals surface area contributed by atoms with E-state index in [2.05, 4.69) is 9.88 Å². The van der Waals surface area contributed by atoms with Crippen molar-refractivity contribution in [1.29, 1.82) is 0 Å². The number of nitrogens with one attached hydrogen (secondary N) is 1. The Labute approximate surface area is 222 Å². The van der Waals surface area contributed by atoms with Crippen molar-refractivity contribution in [2.45, 2.75) is 68.5 Å². The normalized spacial score (nSPS) is 19.4. The van der Waals surface area contributed by atoms with E-state index in [4.69, 9.17) is 16.3 Å². The number of benzene rings is 1. The molecule has 206 valence electrons. The van der Waals surface area contributed by atoms with E-state index in [1.807, 2.05) is 4.72 Å². The number of alkyl halides is 3. The molecule has 3 aliphatic rings. The van der Waals surface area contributed by atoms with Crippen LogP contribution in [0.1, 0.15) is 71.5 Å². The number of hydrogen-bond acceptors (Lipinski definition) is 6. The molecule has 2 heterocycles. The van der Waals surface area contributed by atoms with Gasteiger partial charge in [0.05, 0.1) is 16.4 Å². The molecule has 0 bridgehead atoms. The molecule has 3 fully saturated rings. The van der Waals surface area contributed by atoms with Gasteiger partial charge in [-0.1, -0.05) is 11.6 Å². The van der Waals surface area contributed by atoms with E-state index in [1.54, 1.807) is 0 Å². The van der Waals surface area contributed by atoms with Gasteiger partial charge in [-0.05, 0) is 73.8 Å². The van der Waals surface area contributed by atoms with Gasteiger partial charge < -0.3 is 4.74 Å². The van der Waals surface area contributed by atoms with Gasteiger partial charge in [-0.15, -0.1) is 0 Å². The summed E-state index contributed by atoms with van der Waals surface area (Å²) in [4.78, 5) is 18.4. The summed E-state index contributed by atoms with van der Waals surface area (Å²) in [5.41, 5.74) is 0.377. The fraction of sp³-hybridized carbons (Fsp3) is 0.520. The summed E-state index contributed by atoms with van der Waals surface area (Å²) in [6.45, 7) is 1.63. The molecule has 38 heavy (non-hydrogen) atoms. The predicted octanol–water partition coefficient (Wildman–Crippen LogP) is 5.04. The lowest BCUT2D eigenvalue weighted by Gasteiger charge is -2.32. The lowest BCUT2D eigenvalue weighted by molar-refractivity contribution is -0.137. The molecule has 0 unspecified atom stereocenters. The largest absolute Gasteiger partial charge is 0.473 e. The third kappa shape index (κ3) is 6.23. The first-order valence-electron chi connectivity index (χ1n) is 12.4. The molecule has 13 heteroatoms. The van der Waals surface area contributed by atoms with E-state index in [1.165, 1.54) is 12.1 Å². The second-order valence-corrected chi connectivity index (χ2v) is 12.5. The standard InChI is InChI=1S/C25H26ClF4N3O4S/c26-21-10-16(25(28,29)30)12-31-24(21)37-17-5-7-33(8-6-17)13-15-9-22(27)20(11-19(15)14-1-2-14)23(34)32-38(35,36)18-3-4-18/h9-12,14,17-18H,1-8,13H2,(H,32,34). The fourth-order valence-electron chi connectivity index (χ4n) is 4.61. The summed E-state index contributed by atoms with van der Waals surface area (Å²) >= 11 is 5.95.